The summed E-state index contributed by atoms with van der Waals surface area (Å²) in [6, 6.07) is 11.2. The summed E-state index contributed by atoms with van der Waals surface area (Å²) in [5, 5.41) is 41.8. The molecule has 0 amide bonds. The van der Waals surface area contributed by atoms with E-state index < -0.39 is 11.9 Å². The van der Waals surface area contributed by atoms with E-state index in [-0.39, 0.29) is 11.5 Å². The van der Waals surface area contributed by atoms with Crippen molar-refractivity contribution >= 4 is 35.5 Å². The number of benzene rings is 1. The van der Waals surface area contributed by atoms with Crippen molar-refractivity contribution < 1.29 is 24.5 Å². The molecule has 0 unspecified atom stereocenters. The Morgan fingerprint density at radius 3 is 2.30 bits per heavy atom. The molecule has 40 heavy (non-hydrogen) atoms. The van der Waals surface area contributed by atoms with Gasteiger partial charge in [0.1, 0.15) is 5.75 Å². The van der Waals surface area contributed by atoms with Crippen molar-refractivity contribution in [3.8, 4) is 34.4 Å². The number of hydrogen-bond acceptors (Lipinski definition) is 11. The molecule has 4 aromatic heterocycles. The second-order valence-electron chi connectivity index (χ2n) is 8.20. The molecule has 0 aliphatic rings. The van der Waals surface area contributed by atoms with Gasteiger partial charge >= 0.3 is 11.9 Å². The molecule has 0 aliphatic heterocycles. The summed E-state index contributed by atoms with van der Waals surface area (Å²) < 4.78 is 5.94. The number of carbonyl (C=O) groups is 2. The van der Waals surface area contributed by atoms with E-state index in [9.17, 15) is 9.59 Å². The minimum Gasteiger partial charge on any atom is -0.481 e. The van der Waals surface area contributed by atoms with Crippen LogP contribution >= 0.6 is 23.5 Å². The van der Waals surface area contributed by atoms with Gasteiger partial charge in [-0.1, -0.05) is 35.7 Å². The molecule has 5 N–H and O–H groups in total. The van der Waals surface area contributed by atoms with Crippen molar-refractivity contribution in [3.05, 3.63) is 60.0 Å². The number of H-pyrrole nitrogens is 3. The highest BCUT2D eigenvalue weighted by Crippen LogP contribution is 2.26. The number of carboxylic acids is 2. The van der Waals surface area contributed by atoms with Gasteiger partial charge in [0.05, 0.1) is 22.8 Å². The highest BCUT2D eigenvalue weighted by molar-refractivity contribution is 8.00. The summed E-state index contributed by atoms with van der Waals surface area (Å²) in [5.41, 5.74) is 3.29. The molecule has 5 rings (SSSR count). The Kier molecular flexibility index (Phi) is 8.36. The third kappa shape index (κ3) is 7.03. The van der Waals surface area contributed by atoms with E-state index in [0.717, 1.165) is 40.3 Å². The van der Waals surface area contributed by atoms with Crippen molar-refractivity contribution in [2.45, 2.75) is 23.2 Å². The molecule has 16 heteroatoms. The third-order valence-corrected chi connectivity index (χ3v) is 7.05. The first-order valence-electron chi connectivity index (χ1n) is 11.7. The zero-order valence-corrected chi connectivity index (χ0v) is 22.2. The van der Waals surface area contributed by atoms with Crippen molar-refractivity contribution in [1.29, 1.82) is 0 Å². The number of thioether (sulfide) groups is 2. The zero-order chi connectivity index (χ0) is 27.9. The van der Waals surface area contributed by atoms with E-state index in [2.05, 4.69) is 45.5 Å². The van der Waals surface area contributed by atoms with Crippen molar-refractivity contribution in [2.75, 3.05) is 11.5 Å². The monoisotopic (exact) mass is 579 g/mol. The van der Waals surface area contributed by atoms with Gasteiger partial charge in [0.2, 0.25) is 5.88 Å². The lowest BCUT2D eigenvalue weighted by Gasteiger charge is -2.07. The van der Waals surface area contributed by atoms with Gasteiger partial charge in [0.15, 0.2) is 22.0 Å². The largest absolute Gasteiger partial charge is 0.481 e. The Bertz CT molecular complexity index is 1620. The SMILES string of the molecule is O=C(O)CSc1nnc(-c2ccc(Oc3cccc(CCc4n[nH]cc4-c4nnc(SCC(=O)O)[nH]4)c3)nc2)[nH]1. The van der Waals surface area contributed by atoms with Crippen LogP contribution in [0, 0.1) is 0 Å². The van der Waals surface area contributed by atoms with Crippen molar-refractivity contribution in [2.24, 2.45) is 0 Å². The normalized spacial score (nSPS) is 11.0. The van der Waals surface area contributed by atoms with Crippen LogP contribution in [0.3, 0.4) is 0 Å². The molecule has 0 saturated heterocycles. The van der Waals surface area contributed by atoms with Gasteiger partial charge in [-0.2, -0.15) is 5.10 Å². The van der Waals surface area contributed by atoms with Gasteiger partial charge in [-0.3, -0.25) is 14.7 Å². The van der Waals surface area contributed by atoms with E-state index in [0.29, 0.717) is 52.0 Å². The second kappa shape index (κ2) is 12.4. The van der Waals surface area contributed by atoms with Crippen LogP contribution in [-0.2, 0) is 22.4 Å². The van der Waals surface area contributed by atoms with Crippen molar-refractivity contribution in [3.63, 3.8) is 0 Å². The molecule has 0 aliphatic carbocycles. The van der Waals surface area contributed by atoms with Gasteiger partial charge in [-0.05, 0) is 36.6 Å². The van der Waals surface area contributed by atoms with Crippen LogP contribution in [0.25, 0.3) is 22.8 Å². The molecule has 4 heterocycles. The van der Waals surface area contributed by atoms with Crippen LogP contribution in [-0.4, -0.2) is 79.2 Å². The molecule has 0 saturated carbocycles. The summed E-state index contributed by atoms with van der Waals surface area (Å²) in [5.74, 6) is -0.0593. The molecular weight excluding hydrogens is 558 g/mol. The summed E-state index contributed by atoms with van der Waals surface area (Å²) in [6.45, 7) is 0. The fraction of sp³-hybridized carbons (Fsp3) is 0.167. The second-order valence-corrected chi connectivity index (χ2v) is 10.1. The summed E-state index contributed by atoms with van der Waals surface area (Å²) in [7, 11) is 0. The predicted octanol–water partition coefficient (Wildman–Crippen LogP) is 3.31. The van der Waals surface area contributed by atoms with E-state index >= 15 is 0 Å². The summed E-state index contributed by atoms with van der Waals surface area (Å²) >= 11 is 2.11. The van der Waals surface area contributed by atoms with Gasteiger partial charge in [-0.25, -0.2) is 4.98 Å². The number of aliphatic carboxylic acids is 2. The number of rotatable bonds is 13. The first kappa shape index (κ1) is 26.9. The first-order chi connectivity index (χ1) is 19.4. The van der Waals surface area contributed by atoms with Crippen LogP contribution in [0.5, 0.6) is 11.6 Å². The number of aromatic nitrogens is 9. The number of carboxylic acid groups (broad SMARTS) is 2. The minimum atomic E-state index is -0.934. The van der Waals surface area contributed by atoms with E-state index in [4.69, 9.17) is 14.9 Å². The van der Waals surface area contributed by atoms with Gasteiger partial charge in [-0.15, -0.1) is 20.4 Å². The third-order valence-electron chi connectivity index (χ3n) is 5.35. The average Bonchev–Trinajstić information content (AvgIpc) is 3.71. The summed E-state index contributed by atoms with van der Waals surface area (Å²) in [4.78, 5) is 31.8. The standard InChI is InChI=1S/C24H21N9O5S2/c34-19(35)11-39-23-27-21(30-32-23)14-5-7-18(25-9-14)38-15-3-1-2-13(8-15)4-6-17-16(10-26-29-17)22-28-24(33-31-22)40-12-20(36)37/h1-3,5,7-10H,4,6,11-12H2,(H,26,29)(H,34,35)(H,36,37)(H,27,30,32)(H,28,31,33). The number of pyridine rings is 1. The molecule has 0 radical (unpaired) electrons. The fourth-order valence-corrected chi connectivity index (χ4v) is 4.63. The number of nitrogens with one attached hydrogen (secondary N) is 3. The van der Waals surface area contributed by atoms with E-state index in [1.807, 2.05) is 24.3 Å². The molecule has 204 valence electrons. The van der Waals surface area contributed by atoms with Crippen molar-refractivity contribution in [1.82, 2.24) is 45.5 Å². The molecule has 1 aromatic carbocycles. The van der Waals surface area contributed by atoms with Crippen LogP contribution in [0.1, 0.15) is 11.3 Å². The number of aromatic amines is 3. The molecule has 0 bridgehead atoms. The Hall–Kier alpha value is -4.70. The van der Waals surface area contributed by atoms with E-state index in [1.165, 1.54) is 0 Å². The first-order valence-corrected chi connectivity index (χ1v) is 13.7. The maximum absolute atomic E-state index is 10.8. The van der Waals surface area contributed by atoms with Crippen LogP contribution in [0.2, 0.25) is 0 Å². The smallest absolute Gasteiger partial charge is 0.313 e. The summed E-state index contributed by atoms with van der Waals surface area (Å²) in [6.07, 6.45) is 4.63. The predicted molar refractivity (Wildman–Crippen MR) is 144 cm³/mol. The fourth-order valence-electron chi connectivity index (χ4n) is 3.58. The van der Waals surface area contributed by atoms with E-state index in [1.54, 1.807) is 24.5 Å². The Balaban J connectivity index is 1.18. The van der Waals surface area contributed by atoms with Gasteiger partial charge in [0, 0.05) is 24.0 Å². The molecule has 14 nitrogen and oxygen atoms in total. The molecular formula is C24H21N9O5S2. The lowest BCUT2D eigenvalue weighted by atomic mass is 10.1. The topological polar surface area (TPSA) is 209 Å². The maximum atomic E-state index is 10.8. The molecule has 5 aromatic rings. The lowest BCUT2D eigenvalue weighted by Crippen LogP contribution is -1.97. The zero-order valence-electron chi connectivity index (χ0n) is 20.6. The van der Waals surface area contributed by atoms with Crippen LogP contribution in [0.4, 0.5) is 0 Å². The van der Waals surface area contributed by atoms with Gasteiger partial charge in [0.25, 0.3) is 0 Å². The Labute approximate surface area is 234 Å². The number of aryl methyl sites for hydroxylation is 2. The minimum absolute atomic E-state index is 0.108. The Morgan fingerprint density at radius 2 is 1.60 bits per heavy atom. The number of nitrogens with zero attached hydrogens (tertiary/aromatic N) is 6. The highest BCUT2D eigenvalue weighted by atomic mass is 32.2. The maximum Gasteiger partial charge on any atom is 0.313 e. The van der Waals surface area contributed by atoms with Crippen LogP contribution in [0.15, 0.2) is 59.1 Å². The molecule has 0 atom stereocenters. The quantitative estimate of drug-likeness (QED) is 0.127. The van der Waals surface area contributed by atoms with Crippen LogP contribution < -0.4 is 4.74 Å². The average molecular weight is 580 g/mol. The Morgan fingerprint density at radius 1 is 0.875 bits per heavy atom. The molecule has 0 spiro atoms. The van der Waals surface area contributed by atoms with Gasteiger partial charge < -0.3 is 24.9 Å². The number of hydrogen-bond donors (Lipinski definition) is 5. The lowest BCUT2D eigenvalue weighted by molar-refractivity contribution is -0.134. The highest BCUT2D eigenvalue weighted by Gasteiger charge is 2.14. The molecule has 0 fully saturated rings. The number of ether oxygens (including phenoxy) is 1.